The van der Waals surface area contributed by atoms with Crippen LogP contribution in [-0.4, -0.2) is 68.0 Å². The van der Waals surface area contributed by atoms with Gasteiger partial charge in [-0.3, -0.25) is 4.79 Å². The van der Waals surface area contributed by atoms with Crippen molar-refractivity contribution >= 4 is 11.9 Å². The molecule has 1 aromatic carbocycles. The average molecular weight is 374 g/mol. The van der Waals surface area contributed by atoms with E-state index in [-0.39, 0.29) is 5.91 Å². The Morgan fingerprint density at radius 2 is 1.85 bits per heavy atom. The van der Waals surface area contributed by atoms with Gasteiger partial charge in [0.15, 0.2) is 5.96 Å². The van der Waals surface area contributed by atoms with Crippen LogP contribution in [0.5, 0.6) is 0 Å². The largest absolute Gasteiger partial charge is 0.357 e. The zero-order chi connectivity index (χ0) is 19.6. The number of guanidine groups is 1. The number of amides is 1. The molecule has 0 bridgehead atoms. The van der Waals surface area contributed by atoms with Crippen molar-refractivity contribution in [3.8, 4) is 0 Å². The Labute approximate surface area is 164 Å². The SMILES string of the molecule is CCCN1CCC(NC(=NCc2ccc(C(=O)N(C)C)cc2)NCC)CC1. The van der Waals surface area contributed by atoms with Gasteiger partial charge in [-0.05, 0) is 50.4 Å². The van der Waals surface area contributed by atoms with Gasteiger partial charge in [-0.15, -0.1) is 0 Å². The lowest BCUT2D eigenvalue weighted by atomic mass is 10.1. The first kappa shape index (κ1) is 21.2. The van der Waals surface area contributed by atoms with Crippen LogP contribution in [0, 0.1) is 0 Å². The minimum atomic E-state index is 0.0227. The predicted molar refractivity (Wildman–Crippen MR) is 112 cm³/mol. The van der Waals surface area contributed by atoms with Crippen molar-refractivity contribution in [3.05, 3.63) is 35.4 Å². The van der Waals surface area contributed by atoms with E-state index in [2.05, 4.69) is 29.4 Å². The highest BCUT2D eigenvalue weighted by Gasteiger charge is 2.19. The minimum Gasteiger partial charge on any atom is -0.357 e. The van der Waals surface area contributed by atoms with E-state index in [1.54, 1.807) is 19.0 Å². The third-order valence-electron chi connectivity index (χ3n) is 4.84. The van der Waals surface area contributed by atoms with E-state index in [9.17, 15) is 4.79 Å². The van der Waals surface area contributed by atoms with Crippen LogP contribution in [-0.2, 0) is 6.54 Å². The summed E-state index contributed by atoms with van der Waals surface area (Å²) in [6, 6.07) is 8.18. The summed E-state index contributed by atoms with van der Waals surface area (Å²) in [5.41, 5.74) is 1.80. The molecule has 0 aromatic heterocycles. The number of piperidine rings is 1. The van der Waals surface area contributed by atoms with Crippen molar-refractivity contribution in [3.63, 3.8) is 0 Å². The van der Waals surface area contributed by atoms with E-state index >= 15 is 0 Å². The van der Waals surface area contributed by atoms with E-state index in [0.717, 1.165) is 44.0 Å². The molecule has 27 heavy (non-hydrogen) atoms. The molecule has 1 saturated heterocycles. The average Bonchev–Trinajstić information content (AvgIpc) is 2.68. The lowest BCUT2D eigenvalue weighted by molar-refractivity contribution is 0.0827. The third-order valence-corrected chi connectivity index (χ3v) is 4.84. The van der Waals surface area contributed by atoms with Gasteiger partial charge in [0, 0.05) is 45.3 Å². The van der Waals surface area contributed by atoms with E-state index in [0.29, 0.717) is 18.2 Å². The Kier molecular flexibility index (Phi) is 8.58. The molecule has 0 aliphatic carbocycles. The number of benzene rings is 1. The molecule has 0 spiro atoms. The molecule has 1 heterocycles. The van der Waals surface area contributed by atoms with E-state index in [1.165, 1.54) is 13.0 Å². The normalized spacial score (nSPS) is 16.2. The number of nitrogens with one attached hydrogen (secondary N) is 2. The molecule has 1 aromatic rings. The van der Waals surface area contributed by atoms with Crippen LogP contribution < -0.4 is 10.6 Å². The smallest absolute Gasteiger partial charge is 0.253 e. The first-order valence-corrected chi connectivity index (χ1v) is 10.1. The lowest BCUT2D eigenvalue weighted by Crippen LogP contribution is -2.48. The Morgan fingerprint density at radius 3 is 2.41 bits per heavy atom. The third kappa shape index (κ3) is 6.86. The number of rotatable bonds is 7. The molecular weight excluding hydrogens is 338 g/mol. The van der Waals surface area contributed by atoms with Gasteiger partial charge in [-0.25, -0.2) is 4.99 Å². The van der Waals surface area contributed by atoms with Gasteiger partial charge in [0.05, 0.1) is 6.54 Å². The summed E-state index contributed by atoms with van der Waals surface area (Å²) in [6.45, 7) is 9.29. The highest BCUT2D eigenvalue weighted by atomic mass is 16.2. The number of aliphatic imine (C=N–C) groups is 1. The topological polar surface area (TPSA) is 60.0 Å². The molecule has 0 saturated carbocycles. The summed E-state index contributed by atoms with van der Waals surface area (Å²) in [7, 11) is 3.53. The number of hydrogen-bond acceptors (Lipinski definition) is 3. The summed E-state index contributed by atoms with van der Waals surface area (Å²) in [4.78, 5) is 20.8. The zero-order valence-corrected chi connectivity index (χ0v) is 17.3. The van der Waals surface area contributed by atoms with Gasteiger partial charge in [0.25, 0.3) is 5.91 Å². The molecule has 0 unspecified atom stereocenters. The van der Waals surface area contributed by atoms with Crippen molar-refractivity contribution in [2.75, 3.05) is 40.3 Å². The minimum absolute atomic E-state index is 0.0227. The Hall–Kier alpha value is -2.08. The molecule has 0 atom stereocenters. The number of likely N-dealkylation sites (tertiary alicyclic amines) is 1. The summed E-state index contributed by atoms with van der Waals surface area (Å²) < 4.78 is 0. The second-order valence-corrected chi connectivity index (χ2v) is 7.35. The van der Waals surface area contributed by atoms with Gasteiger partial charge in [-0.1, -0.05) is 19.1 Å². The molecule has 2 rings (SSSR count). The summed E-state index contributed by atoms with van der Waals surface area (Å²) in [6.07, 6.45) is 3.54. The molecule has 1 aliphatic rings. The fourth-order valence-electron chi connectivity index (χ4n) is 3.31. The molecule has 1 amide bonds. The summed E-state index contributed by atoms with van der Waals surface area (Å²) in [5.74, 6) is 0.898. The van der Waals surface area contributed by atoms with Crippen LogP contribution in [0.15, 0.2) is 29.3 Å². The van der Waals surface area contributed by atoms with Gasteiger partial charge in [0.1, 0.15) is 0 Å². The number of hydrogen-bond donors (Lipinski definition) is 2. The van der Waals surface area contributed by atoms with E-state index in [4.69, 9.17) is 4.99 Å². The molecular formula is C21H35N5O. The quantitative estimate of drug-likeness (QED) is 0.569. The molecule has 1 aliphatic heterocycles. The maximum atomic E-state index is 12.0. The van der Waals surface area contributed by atoms with Crippen molar-refractivity contribution in [2.24, 2.45) is 4.99 Å². The standard InChI is InChI=1S/C21H35N5O/c1-5-13-26-14-11-19(12-15-26)24-21(22-6-2)23-16-17-7-9-18(10-8-17)20(27)25(3)4/h7-10,19H,5-6,11-16H2,1-4H3,(H2,22,23,24). The monoisotopic (exact) mass is 373 g/mol. The van der Waals surface area contributed by atoms with Crippen LogP contribution in [0.1, 0.15) is 49.0 Å². The number of carbonyl (C=O) groups is 1. The first-order valence-electron chi connectivity index (χ1n) is 10.1. The highest BCUT2D eigenvalue weighted by molar-refractivity contribution is 5.93. The fourth-order valence-corrected chi connectivity index (χ4v) is 3.31. The highest BCUT2D eigenvalue weighted by Crippen LogP contribution is 2.11. The van der Waals surface area contributed by atoms with E-state index in [1.807, 2.05) is 24.3 Å². The van der Waals surface area contributed by atoms with Crippen LogP contribution in [0.3, 0.4) is 0 Å². The van der Waals surface area contributed by atoms with Crippen molar-refractivity contribution in [2.45, 2.75) is 45.7 Å². The van der Waals surface area contributed by atoms with Crippen molar-refractivity contribution < 1.29 is 4.79 Å². The Bertz CT molecular complexity index is 604. The molecule has 6 heteroatoms. The van der Waals surface area contributed by atoms with Crippen LogP contribution >= 0.6 is 0 Å². The van der Waals surface area contributed by atoms with Crippen LogP contribution in [0.2, 0.25) is 0 Å². The lowest BCUT2D eigenvalue weighted by Gasteiger charge is -2.32. The van der Waals surface area contributed by atoms with Crippen molar-refractivity contribution in [1.82, 2.24) is 20.4 Å². The van der Waals surface area contributed by atoms with Gasteiger partial charge in [0.2, 0.25) is 0 Å². The first-order chi connectivity index (χ1) is 13.0. The molecule has 0 radical (unpaired) electrons. The van der Waals surface area contributed by atoms with Crippen molar-refractivity contribution in [1.29, 1.82) is 0 Å². The Balaban J connectivity index is 1.90. The Morgan fingerprint density at radius 1 is 1.19 bits per heavy atom. The van der Waals surface area contributed by atoms with Gasteiger partial charge < -0.3 is 20.4 Å². The number of carbonyl (C=O) groups excluding carboxylic acids is 1. The number of nitrogens with zero attached hydrogens (tertiary/aromatic N) is 3. The molecule has 2 N–H and O–H groups in total. The van der Waals surface area contributed by atoms with Gasteiger partial charge >= 0.3 is 0 Å². The van der Waals surface area contributed by atoms with Crippen LogP contribution in [0.25, 0.3) is 0 Å². The molecule has 150 valence electrons. The second-order valence-electron chi connectivity index (χ2n) is 7.35. The maximum Gasteiger partial charge on any atom is 0.253 e. The maximum absolute atomic E-state index is 12.0. The summed E-state index contributed by atoms with van der Waals surface area (Å²) in [5, 5.41) is 6.93. The zero-order valence-electron chi connectivity index (χ0n) is 17.3. The van der Waals surface area contributed by atoms with Gasteiger partial charge in [-0.2, -0.15) is 0 Å². The summed E-state index contributed by atoms with van der Waals surface area (Å²) >= 11 is 0. The van der Waals surface area contributed by atoms with Crippen LogP contribution in [0.4, 0.5) is 0 Å². The fraction of sp³-hybridized carbons (Fsp3) is 0.619. The predicted octanol–water partition coefficient (Wildman–Crippen LogP) is 2.32. The molecule has 1 fully saturated rings. The second kappa shape index (κ2) is 10.9. The molecule has 6 nitrogen and oxygen atoms in total. The van der Waals surface area contributed by atoms with E-state index < -0.39 is 0 Å².